The lowest BCUT2D eigenvalue weighted by molar-refractivity contribution is 0.305. The van der Waals surface area contributed by atoms with E-state index >= 15 is 0 Å². The van der Waals surface area contributed by atoms with Gasteiger partial charge in [0.2, 0.25) is 0 Å². The van der Waals surface area contributed by atoms with Gasteiger partial charge in [0, 0.05) is 16.2 Å². The van der Waals surface area contributed by atoms with Gasteiger partial charge in [-0.3, -0.25) is 0 Å². The highest BCUT2D eigenvalue weighted by Gasteiger charge is 2.06. The minimum Gasteiger partial charge on any atom is -0.489 e. The predicted octanol–water partition coefficient (Wildman–Crippen LogP) is 3.91. The van der Waals surface area contributed by atoms with E-state index in [4.69, 9.17) is 10.00 Å². The van der Waals surface area contributed by atoms with Crippen molar-refractivity contribution < 1.29 is 4.74 Å². The molecule has 4 heteroatoms. The maximum absolute atomic E-state index is 8.97. The Bertz CT molecular complexity index is 624. The molecule has 0 spiro atoms. The third kappa shape index (κ3) is 3.12. The molecule has 1 aromatic carbocycles. The summed E-state index contributed by atoms with van der Waals surface area (Å²) >= 11 is 3.52. The van der Waals surface area contributed by atoms with Crippen molar-refractivity contribution in [2.45, 2.75) is 20.5 Å². The van der Waals surface area contributed by atoms with Gasteiger partial charge in [0.15, 0.2) is 0 Å². The quantitative estimate of drug-likeness (QED) is 0.862. The van der Waals surface area contributed by atoms with Crippen LogP contribution in [0.5, 0.6) is 5.75 Å². The highest BCUT2D eigenvalue weighted by atomic mass is 79.9. The molecule has 96 valence electrons. The standard InChI is InChI=1S/C15H13BrN2O/c1-10-6-13(7-11(2)15(10)16)19-9-12-4-3-5-18-14(12)8-17/h3-7H,9H2,1-2H3. The number of hydrogen-bond acceptors (Lipinski definition) is 3. The molecule has 0 saturated heterocycles. The van der Waals surface area contributed by atoms with E-state index < -0.39 is 0 Å². The number of aryl methyl sites for hydroxylation is 2. The topological polar surface area (TPSA) is 45.9 Å². The first kappa shape index (κ1) is 13.6. The van der Waals surface area contributed by atoms with Gasteiger partial charge in [-0.25, -0.2) is 4.98 Å². The summed E-state index contributed by atoms with van der Waals surface area (Å²) in [5.74, 6) is 0.797. The van der Waals surface area contributed by atoms with E-state index in [2.05, 4.69) is 27.0 Å². The molecular formula is C15H13BrN2O. The minimum atomic E-state index is 0.344. The maximum atomic E-state index is 8.97. The lowest BCUT2D eigenvalue weighted by atomic mass is 10.1. The Morgan fingerprint density at radius 1 is 1.32 bits per heavy atom. The average molecular weight is 317 g/mol. The summed E-state index contributed by atoms with van der Waals surface area (Å²) in [6, 6.07) is 9.66. The average Bonchev–Trinajstić information content (AvgIpc) is 2.42. The molecule has 0 fully saturated rings. The second-order valence-electron chi connectivity index (χ2n) is 4.28. The maximum Gasteiger partial charge on any atom is 0.147 e. The zero-order valence-electron chi connectivity index (χ0n) is 10.8. The molecule has 0 radical (unpaired) electrons. The third-order valence-corrected chi connectivity index (χ3v) is 4.05. The molecule has 0 N–H and O–H groups in total. The Hall–Kier alpha value is -1.86. The van der Waals surface area contributed by atoms with Crippen LogP contribution in [0.4, 0.5) is 0 Å². The zero-order chi connectivity index (χ0) is 13.8. The molecule has 0 unspecified atom stereocenters. The smallest absolute Gasteiger partial charge is 0.147 e. The van der Waals surface area contributed by atoms with Gasteiger partial charge in [0.25, 0.3) is 0 Å². The van der Waals surface area contributed by atoms with Crippen molar-refractivity contribution in [3.8, 4) is 11.8 Å². The summed E-state index contributed by atoms with van der Waals surface area (Å²) in [5.41, 5.74) is 3.46. The van der Waals surface area contributed by atoms with Crippen LogP contribution >= 0.6 is 15.9 Å². The van der Waals surface area contributed by atoms with Crippen LogP contribution in [0.1, 0.15) is 22.4 Å². The summed E-state index contributed by atoms with van der Waals surface area (Å²) in [7, 11) is 0. The summed E-state index contributed by atoms with van der Waals surface area (Å²) in [4.78, 5) is 4.01. The van der Waals surface area contributed by atoms with Crippen LogP contribution in [-0.2, 0) is 6.61 Å². The number of benzene rings is 1. The van der Waals surface area contributed by atoms with Gasteiger partial charge in [0.1, 0.15) is 24.1 Å². The first-order chi connectivity index (χ1) is 9.11. The molecule has 2 rings (SSSR count). The van der Waals surface area contributed by atoms with E-state index in [1.54, 1.807) is 12.3 Å². The Labute approximate surface area is 121 Å². The van der Waals surface area contributed by atoms with Crippen molar-refractivity contribution in [2.75, 3.05) is 0 Å². The fourth-order valence-electron chi connectivity index (χ4n) is 1.81. The van der Waals surface area contributed by atoms with Gasteiger partial charge in [0.05, 0.1) is 0 Å². The molecular weight excluding hydrogens is 304 g/mol. The van der Waals surface area contributed by atoms with Crippen LogP contribution in [0.15, 0.2) is 34.9 Å². The van der Waals surface area contributed by atoms with E-state index in [0.29, 0.717) is 12.3 Å². The van der Waals surface area contributed by atoms with Gasteiger partial charge in [-0.15, -0.1) is 0 Å². The number of halogens is 1. The first-order valence-corrected chi connectivity index (χ1v) is 6.64. The van der Waals surface area contributed by atoms with Crippen molar-refractivity contribution >= 4 is 15.9 Å². The Kier molecular flexibility index (Phi) is 4.18. The Balaban J connectivity index is 2.17. The van der Waals surface area contributed by atoms with Crippen LogP contribution in [0.2, 0.25) is 0 Å². The van der Waals surface area contributed by atoms with E-state index in [-0.39, 0.29) is 0 Å². The molecule has 0 saturated carbocycles. The number of rotatable bonds is 3. The molecule has 0 aliphatic rings. The summed E-state index contributed by atoms with van der Waals surface area (Å²) < 4.78 is 6.84. The normalized spacial score (nSPS) is 10.0. The van der Waals surface area contributed by atoms with Crippen LogP contribution in [0.25, 0.3) is 0 Å². The second-order valence-corrected chi connectivity index (χ2v) is 5.08. The van der Waals surface area contributed by atoms with Crippen molar-refractivity contribution in [1.29, 1.82) is 5.26 Å². The van der Waals surface area contributed by atoms with Gasteiger partial charge in [-0.2, -0.15) is 5.26 Å². The molecule has 0 aliphatic carbocycles. The minimum absolute atomic E-state index is 0.344. The van der Waals surface area contributed by atoms with Crippen molar-refractivity contribution in [2.24, 2.45) is 0 Å². The van der Waals surface area contributed by atoms with Gasteiger partial charge >= 0.3 is 0 Å². The van der Waals surface area contributed by atoms with E-state index in [1.807, 2.05) is 32.0 Å². The largest absolute Gasteiger partial charge is 0.489 e. The number of nitrogens with zero attached hydrogens (tertiary/aromatic N) is 2. The van der Waals surface area contributed by atoms with Gasteiger partial charge in [-0.1, -0.05) is 22.0 Å². The van der Waals surface area contributed by atoms with Crippen LogP contribution in [0.3, 0.4) is 0 Å². The molecule has 1 aromatic heterocycles. The number of pyridine rings is 1. The Morgan fingerprint density at radius 3 is 2.63 bits per heavy atom. The molecule has 3 nitrogen and oxygen atoms in total. The number of nitriles is 1. The van der Waals surface area contributed by atoms with E-state index in [9.17, 15) is 0 Å². The summed E-state index contributed by atoms with van der Waals surface area (Å²) in [6.45, 7) is 4.39. The molecule has 2 aromatic rings. The van der Waals surface area contributed by atoms with Crippen LogP contribution in [-0.4, -0.2) is 4.98 Å². The summed E-state index contributed by atoms with van der Waals surface area (Å²) in [5, 5.41) is 8.97. The monoisotopic (exact) mass is 316 g/mol. The van der Waals surface area contributed by atoms with Crippen LogP contribution < -0.4 is 4.74 Å². The van der Waals surface area contributed by atoms with Crippen LogP contribution in [0, 0.1) is 25.2 Å². The third-order valence-electron chi connectivity index (χ3n) is 2.80. The highest BCUT2D eigenvalue weighted by Crippen LogP contribution is 2.26. The number of ether oxygens (including phenoxy) is 1. The van der Waals surface area contributed by atoms with Crippen molar-refractivity contribution in [1.82, 2.24) is 4.98 Å². The lowest BCUT2D eigenvalue weighted by Crippen LogP contribution is -2.00. The molecule has 0 amide bonds. The van der Waals surface area contributed by atoms with Gasteiger partial charge < -0.3 is 4.74 Å². The molecule has 0 bridgehead atoms. The number of aromatic nitrogens is 1. The zero-order valence-corrected chi connectivity index (χ0v) is 12.4. The Morgan fingerprint density at radius 2 is 2.00 bits per heavy atom. The predicted molar refractivity (Wildman–Crippen MR) is 76.9 cm³/mol. The molecule has 1 heterocycles. The number of hydrogen-bond donors (Lipinski definition) is 0. The molecule has 19 heavy (non-hydrogen) atoms. The SMILES string of the molecule is Cc1cc(OCc2cccnc2C#N)cc(C)c1Br. The first-order valence-electron chi connectivity index (χ1n) is 5.85. The fraction of sp³-hybridized carbons (Fsp3) is 0.200. The lowest BCUT2D eigenvalue weighted by Gasteiger charge is -2.10. The van der Waals surface area contributed by atoms with E-state index in [1.165, 1.54) is 0 Å². The summed E-state index contributed by atoms with van der Waals surface area (Å²) in [6.07, 6.45) is 1.61. The fourth-order valence-corrected chi connectivity index (χ4v) is 2.04. The van der Waals surface area contributed by atoms with E-state index in [0.717, 1.165) is 26.9 Å². The molecule has 0 aliphatic heterocycles. The molecule has 0 atom stereocenters. The van der Waals surface area contributed by atoms with Crippen molar-refractivity contribution in [3.05, 3.63) is 57.3 Å². The van der Waals surface area contributed by atoms with Gasteiger partial charge in [-0.05, 0) is 43.2 Å². The second kappa shape index (κ2) is 5.85. The highest BCUT2D eigenvalue weighted by molar-refractivity contribution is 9.10. The van der Waals surface area contributed by atoms with Crippen molar-refractivity contribution in [3.63, 3.8) is 0 Å².